The summed E-state index contributed by atoms with van der Waals surface area (Å²) in [4.78, 5) is 7.51. The van der Waals surface area contributed by atoms with Crippen LogP contribution in [-0.2, 0) is 0 Å². The molecular weight excluding hydrogens is 388 g/mol. The Morgan fingerprint density at radius 3 is 1.16 bits per heavy atom. The molecular formula is C30H18N2. The van der Waals surface area contributed by atoms with Gasteiger partial charge in [0.2, 0.25) is 0 Å². The summed E-state index contributed by atoms with van der Waals surface area (Å²) in [5, 5.41) is 13.0. The van der Waals surface area contributed by atoms with Gasteiger partial charge in [0.1, 0.15) is 0 Å². The third kappa shape index (κ3) is 1.86. The molecule has 148 valence electrons. The van der Waals surface area contributed by atoms with Crippen LogP contribution in [0.1, 0.15) is 0 Å². The van der Waals surface area contributed by atoms with Crippen molar-refractivity contribution in [3.8, 4) is 0 Å². The molecule has 8 rings (SSSR count). The summed E-state index contributed by atoms with van der Waals surface area (Å²) in [6, 6.07) is 35.0. The molecule has 6 aromatic carbocycles. The number of H-pyrrole nitrogens is 2. The molecule has 2 heterocycles. The number of hydrogen-bond donors (Lipinski definition) is 2. The van der Waals surface area contributed by atoms with Gasteiger partial charge in [-0.15, -0.1) is 0 Å². The highest BCUT2D eigenvalue weighted by Crippen LogP contribution is 2.47. The predicted molar refractivity (Wildman–Crippen MR) is 138 cm³/mol. The van der Waals surface area contributed by atoms with Gasteiger partial charge in [-0.3, -0.25) is 0 Å². The van der Waals surface area contributed by atoms with Gasteiger partial charge in [0.15, 0.2) is 0 Å². The molecule has 0 spiro atoms. The van der Waals surface area contributed by atoms with E-state index in [4.69, 9.17) is 0 Å². The average molecular weight is 406 g/mol. The zero-order valence-corrected chi connectivity index (χ0v) is 17.2. The van der Waals surface area contributed by atoms with Crippen LogP contribution in [0.3, 0.4) is 0 Å². The first-order valence-corrected chi connectivity index (χ1v) is 11.1. The maximum atomic E-state index is 3.76. The second kappa shape index (κ2) is 5.68. The number of hydrogen-bond acceptors (Lipinski definition) is 0. The van der Waals surface area contributed by atoms with Crippen LogP contribution in [0.2, 0.25) is 0 Å². The Kier molecular flexibility index (Phi) is 2.91. The molecule has 2 nitrogen and oxygen atoms in total. The fourth-order valence-electron chi connectivity index (χ4n) is 5.83. The van der Waals surface area contributed by atoms with Crippen LogP contribution in [0.25, 0.3) is 75.9 Å². The first kappa shape index (κ1) is 16.4. The topological polar surface area (TPSA) is 31.6 Å². The van der Waals surface area contributed by atoms with Crippen LogP contribution in [0.5, 0.6) is 0 Å². The minimum Gasteiger partial charge on any atom is -0.354 e. The van der Waals surface area contributed by atoms with Gasteiger partial charge >= 0.3 is 0 Å². The Morgan fingerprint density at radius 1 is 0.312 bits per heavy atom. The molecule has 8 aromatic rings. The van der Waals surface area contributed by atoms with Crippen molar-refractivity contribution >= 4 is 75.9 Å². The Hall–Kier alpha value is -4.30. The molecule has 0 saturated carbocycles. The van der Waals surface area contributed by atoms with Gasteiger partial charge in [0.05, 0.1) is 11.0 Å². The van der Waals surface area contributed by atoms with E-state index in [9.17, 15) is 0 Å². The zero-order chi connectivity index (χ0) is 20.8. The highest BCUT2D eigenvalue weighted by atomic mass is 14.7. The molecule has 0 fully saturated rings. The van der Waals surface area contributed by atoms with Crippen molar-refractivity contribution in [3.63, 3.8) is 0 Å². The van der Waals surface area contributed by atoms with Crippen molar-refractivity contribution in [3.05, 3.63) is 97.1 Å². The molecule has 32 heavy (non-hydrogen) atoms. The van der Waals surface area contributed by atoms with Crippen LogP contribution in [0.15, 0.2) is 97.1 Å². The maximum Gasteiger partial charge on any atom is 0.0551 e. The number of nitrogens with one attached hydrogen (secondary N) is 2. The van der Waals surface area contributed by atoms with Gasteiger partial charge in [0.25, 0.3) is 0 Å². The van der Waals surface area contributed by atoms with E-state index in [0.29, 0.717) is 0 Å². The van der Waals surface area contributed by atoms with Gasteiger partial charge in [-0.2, -0.15) is 0 Å². The van der Waals surface area contributed by atoms with Crippen molar-refractivity contribution in [2.45, 2.75) is 0 Å². The lowest BCUT2D eigenvalue weighted by molar-refractivity contribution is 1.56. The van der Waals surface area contributed by atoms with Crippen LogP contribution < -0.4 is 0 Å². The molecule has 0 atom stereocenters. The van der Waals surface area contributed by atoms with E-state index in [0.717, 1.165) is 0 Å². The third-order valence-corrected chi connectivity index (χ3v) is 7.09. The van der Waals surface area contributed by atoms with Crippen molar-refractivity contribution in [1.82, 2.24) is 9.97 Å². The minimum atomic E-state index is 1.18. The van der Waals surface area contributed by atoms with Crippen molar-refractivity contribution in [2.24, 2.45) is 0 Å². The fourth-order valence-corrected chi connectivity index (χ4v) is 5.83. The van der Waals surface area contributed by atoms with E-state index in [-0.39, 0.29) is 0 Å². The summed E-state index contributed by atoms with van der Waals surface area (Å²) in [7, 11) is 0. The summed E-state index contributed by atoms with van der Waals surface area (Å²) >= 11 is 0. The standard InChI is InChI=1S/C30H18N2/c1-3-11-19-17(9-1)25-18-10-2-4-12-20(18)30-27(22-14-6-8-16-24(22)32-30)28(25)26-21-13-5-7-15-23(21)31-29(19)26/h1-16,31-32H. The van der Waals surface area contributed by atoms with Crippen molar-refractivity contribution in [2.75, 3.05) is 0 Å². The zero-order valence-electron chi connectivity index (χ0n) is 17.2. The molecule has 0 aliphatic heterocycles. The summed E-state index contributed by atoms with van der Waals surface area (Å²) in [6.07, 6.45) is 0. The van der Waals surface area contributed by atoms with Crippen molar-refractivity contribution < 1.29 is 0 Å². The van der Waals surface area contributed by atoms with Crippen LogP contribution in [0.4, 0.5) is 0 Å². The second-order valence-electron chi connectivity index (χ2n) is 8.68. The number of aromatic nitrogens is 2. The lowest BCUT2D eigenvalue weighted by Gasteiger charge is -2.13. The smallest absolute Gasteiger partial charge is 0.0551 e. The fraction of sp³-hybridized carbons (Fsp3) is 0. The number of para-hydroxylation sites is 2. The van der Waals surface area contributed by atoms with E-state index in [2.05, 4.69) is 107 Å². The van der Waals surface area contributed by atoms with Gasteiger partial charge in [-0.1, -0.05) is 84.9 Å². The summed E-state index contributed by atoms with van der Waals surface area (Å²) in [5.74, 6) is 0. The lowest BCUT2D eigenvalue weighted by Crippen LogP contribution is -1.86. The third-order valence-electron chi connectivity index (χ3n) is 7.09. The van der Waals surface area contributed by atoms with Crippen molar-refractivity contribution in [1.29, 1.82) is 0 Å². The highest BCUT2D eigenvalue weighted by Gasteiger charge is 2.20. The first-order valence-electron chi connectivity index (χ1n) is 11.1. The molecule has 0 unspecified atom stereocenters. The van der Waals surface area contributed by atoms with E-state index in [1.807, 2.05) is 0 Å². The average Bonchev–Trinajstić information content (AvgIpc) is 3.43. The minimum absolute atomic E-state index is 1.18. The largest absolute Gasteiger partial charge is 0.354 e. The van der Waals surface area contributed by atoms with E-state index < -0.39 is 0 Å². The first-order chi connectivity index (χ1) is 15.9. The predicted octanol–water partition coefficient (Wildman–Crippen LogP) is 8.42. The molecule has 0 amide bonds. The molecule has 2 heteroatoms. The normalized spacial score (nSPS) is 12.4. The Labute approximate surface area is 183 Å². The molecule has 0 radical (unpaired) electrons. The van der Waals surface area contributed by atoms with Gasteiger partial charge in [-0.05, 0) is 28.3 Å². The van der Waals surface area contributed by atoms with E-state index in [1.54, 1.807) is 0 Å². The molecule has 0 aliphatic rings. The number of fused-ring (bicyclic) bond motifs is 15. The molecule has 2 aromatic heterocycles. The number of rotatable bonds is 0. The molecule has 0 saturated heterocycles. The maximum absolute atomic E-state index is 3.76. The number of aromatic amines is 2. The van der Waals surface area contributed by atoms with Crippen LogP contribution >= 0.6 is 0 Å². The summed E-state index contributed by atoms with van der Waals surface area (Å²) in [5.41, 5.74) is 4.80. The Balaban J connectivity index is 1.89. The monoisotopic (exact) mass is 406 g/mol. The Bertz CT molecular complexity index is 1890. The molecule has 0 bridgehead atoms. The lowest BCUT2D eigenvalue weighted by atomic mass is 9.89. The van der Waals surface area contributed by atoms with Gasteiger partial charge in [0, 0.05) is 48.7 Å². The highest BCUT2D eigenvalue weighted by molar-refractivity contribution is 6.44. The van der Waals surface area contributed by atoms with Gasteiger partial charge < -0.3 is 9.97 Å². The SMILES string of the molecule is c1ccc2c(c1)[nH]c1c3ccccc3c3c4ccccc4c4[nH]c5ccccc5c4c3c21. The Morgan fingerprint density at radius 2 is 0.688 bits per heavy atom. The second-order valence-corrected chi connectivity index (χ2v) is 8.68. The summed E-state index contributed by atoms with van der Waals surface area (Å²) in [6.45, 7) is 0. The quantitative estimate of drug-likeness (QED) is 0.237. The van der Waals surface area contributed by atoms with Crippen LogP contribution in [-0.4, -0.2) is 9.97 Å². The molecule has 2 N–H and O–H groups in total. The molecule has 0 aliphatic carbocycles. The van der Waals surface area contributed by atoms with Gasteiger partial charge in [-0.25, -0.2) is 0 Å². The summed E-state index contributed by atoms with van der Waals surface area (Å²) < 4.78 is 0. The van der Waals surface area contributed by atoms with Crippen LogP contribution in [0, 0.1) is 0 Å². The van der Waals surface area contributed by atoms with E-state index in [1.165, 1.54) is 75.9 Å². The number of benzene rings is 6. The van der Waals surface area contributed by atoms with E-state index >= 15 is 0 Å².